The van der Waals surface area contributed by atoms with Crippen LogP contribution in [0.15, 0.2) is 36.8 Å². The number of Topliss-reactive ketones (excluding diaryl/α,β-unsaturated/α-hetero) is 1. The average molecular weight is 254 g/mol. The molecule has 1 heterocycles. The number of aromatic nitrogens is 2. The van der Waals surface area contributed by atoms with E-state index in [1.54, 1.807) is 12.5 Å². The molecule has 2 aromatic rings. The first-order chi connectivity index (χ1) is 9.31. The molecule has 1 aliphatic rings. The summed E-state index contributed by atoms with van der Waals surface area (Å²) in [7, 11) is 0. The molecule has 3 rings (SSSR count). The second-order valence-electron chi connectivity index (χ2n) is 5.07. The molecule has 1 atom stereocenters. The standard InChI is InChI=1S/C16H18N2O/c1-2-16(19)15-10-17-11-18(15)14-9-5-7-12-6-3-4-8-13(12)14/h3-4,6,8,10-11,14H,2,5,7,9H2,1H3. The van der Waals surface area contributed by atoms with E-state index in [9.17, 15) is 4.79 Å². The molecule has 3 heteroatoms. The zero-order chi connectivity index (χ0) is 13.2. The molecule has 3 nitrogen and oxygen atoms in total. The zero-order valence-corrected chi connectivity index (χ0v) is 11.2. The summed E-state index contributed by atoms with van der Waals surface area (Å²) in [5.41, 5.74) is 3.49. The molecule has 0 saturated heterocycles. The summed E-state index contributed by atoms with van der Waals surface area (Å²) in [5, 5.41) is 0. The lowest BCUT2D eigenvalue weighted by atomic mass is 9.87. The molecule has 0 bridgehead atoms. The number of fused-ring (bicyclic) bond motifs is 1. The molecule has 0 aliphatic heterocycles. The maximum Gasteiger partial charge on any atom is 0.180 e. The van der Waals surface area contributed by atoms with Crippen molar-refractivity contribution in [2.45, 2.75) is 38.6 Å². The van der Waals surface area contributed by atoms with Gasteiger partial charge in [0.05, 0.1) is 18.6 Å². The van der Waals surface area contributed by atoms with E-state index in [1.807, 2.05) is 6.92 Å². The molecule has 1 aliphatic carbocycles. The van der Waals surface area contributed by atoms with E-state index in [0.717, 1.165) is 18.5 Å². The molecule has 98 valence electrons. The molecule has 0 spiro atoms. The van der Waals surface area contributed by atoms with Gasteiger partial charge in [-0.15, -0.1) is 0 Å². The number of hydrogen-bond acceptors (Lipinski definition) is 2. The largest absolute Gasteiger partial charge is 0.321 e. The van der Waals surface area contributed by atoms with E-state index >= 15 is 0 Å². The number of imidazole rings is 1. The third-order valence-electron chi connectivity index (χ3n) is 3.95. The fraction of sp³-hybridized carbons (Fsp3) is 0.375. The molecule has 1 unspecified atom stereocenters. The number of ketones is 1. The molecule has 0 N–H and O–H groups in total. The van der Waals surface area contributed by atoms with Gasteiger partial charge in [0.2, 0.25) is 0 Å². The molecule has 1 aromatic heterocycles. The van der Waals surface area contributed by atoms with Gasteiger partial charge in [-0.1, -0.05) is 31.2 Å². The molecule has 0 saturated carbocycles. The Bertz CT molecular complexity index is 600. The van der Waals surface area contributed by atoms with Crippen LogP contribution in [0, 0.1) is 0 Å². The van der Waals surface area contributed by atoms with Crippen molar-refractivity contribution in [2.24, 2.45) is 0 Å². The smallest absolute Gasteiger partial charge is 0.180 e. The van der Waals surface area contributed by atoms with Crippen molar-refractivity contribution in [3.63, 3.8) is 0 Å². The van der Waals surface area contributed by atoms with Crippen LogP contribution < -0.4 is 0 Å². The van der Waals surface area contributed by atoms with Gasteiger partial charge in [0, 0.05) is 6.42 Å². The third kappa shape index (κ3) is 2.09. The molecule has 0 radical (unpaired) electrons. The van der Waals surface area contributed by atoms with Gasteiger partial charge in [-0.05, 0) is 30.4 Å². The fourth-order valence-corrected chi connectivity index (χ4v) is 2.97. The Balaban J connectivity index is 2.05. The molecule has 0 amide bonds. The zero-order valence-electron chi connectivity index (χ0n) is 11.2. The second kappa shape index (κ2) is 5.00. The van der Waals surface area contributed by atoms with Gasteiger partial charge in [0.15, 0.2) is 5.78 Å². The maximum atomic E-state index is 12.0. The van der Waals surface area contributed by atoms with Crippen LogP contribution in [0.4, 0.5) is 0 Å². The Morgan fingerprint density at radius 1 is 1.42 bits per heavy atom. The van der Waals surface area contributed by atoms with Crippen molar-refractivity contribution in [3.05, 3.63) is 53.6 Å². The highest BCUT2D eigenvalue weighted by Gasteiger charge is 2.24. The van der Waals surface area contributed by atoms with Gasteiger partial charge in [-0.2, -0.15) is 0 Å². The Morgan fingerprint density at radius 2 is 2.26 bits per heavy atom. The number of hydrogen-bond donors (Lipinski definition) is 0. The minimum absolute atomic E-state index is 0.167. The summed E-state index contributed by atoms with van der Waals surface area (Å²) in [6.07, 6.45) is 7.41. The normalized spacial score (nSPS) is 18.1. The van der Waals surface area contributed by atoms with E-state index in [-0.39, 0.29) is 11.8 Å². The predicted molar refractivity (Wildman–Crippen MR) is 74.4 cm³/mol. The minimum atomic E-state index is 0.167. The second-order valence-corrected chi connectivity index (χ2v) is 5.07. The lowest BCUT2D eigenvalue weighted by Crippen LogP contribution is -2.20. The highest BCUT2D eigenvalue weighted by atomic mass is 16.1. The van der Waals surface area contributed by atoms with Crippen LogP contribution in [0.5, 0.6) is 0 Å². The van der Waals surface area contributed by atoms with Gasteiger partial charge in [0.25, 0.3) is 0 Å². The summed E-state index contributed by atoms with van der Waals surface area (Å²) < 4.78 is 2.06. The Kier molecular flexibility index (Phi) is 3.20. The molecule has 19 heavy (non-hydrogen) atoms. The van der Waals surface area contributed by atoms with Gasteiger partial charge in [-0.3, -0.25) is 4.79 Å². The van der Waals surface area contributed by atoms with Gasteiger partial charge >= 0.3 is 0 Å². The van der Waals surface area contributed by atoms with Gasteiger partial charge < -0.3 is 4.57 Å². The van der Waals surface area contributed by atoms with E-state index in [0.29, 0.717) is 6.42 Å². The number of rotatable bonds is 3. The maximum absolute atomic E-state index is 12.0. The summed E-state index contributed by atoms with van der Waals surface area (Å²) in [6.45, 7) is 1.90. The van der Waals surface area contributed by atoms with Crippen molar-refractivity contribution in [1.82, 2.24) is 9.55 Å². The monoisotopic (exact) mass is 254 g/mol. The first-order valence-corrected chi connectivity index (χ1v) is 6.94. The number of carbonyl (C=O) groups is 1. The highest BCUT2D eigenvalue weighted by Crippen LogP contribution is 2.33. The Morgan fingerprint density at radius 3 is 3.11 bits per heavy atom. The first kappa shape index (κ1) is 12.2. The van der Waals surface area contributed by atoms with Crippen molar-refractivity contribution >= 4 is 5.78 Å². The number of benzene rings is 1. The Hall–Kier alpha value is -1.90. The lowest BCUT2D eigenvalue weighted by molar-refractivity contribution is 0.0977. The SMILES string of the molecule is CCC(=O)c1cncn1C1CCCc2ccccc21. The summed E-state index contributed by atoms with van der Waals surface area (Å²) in [4.78, 5) is 16.2. The summed E-state index contributed by atoms with van der Waals surface area (Å²) in [6, 6.07) is 8.81. The molecular formula is C16H18N2O. The molecule has 0 fully saturated rings. The first-order valence-electron chi connectivity index (χ1n) is 6.94. The van der Waals surface area contributed by atoms with Crippen LogP contribution in [0.25, 0.3) is 0 Å². The van der Waals surface area contributed by atoms with Crippen LogP contribution in [0.1, 0.15) is 53.8 Å². The summed E-state index contributed by atoms with van der Waals surface area (Å²) in [5.74, 6) is 0.167. The number of nitrogens with zero attached hydrogens (tertiary/aromatic N) is 2. The van der Waals surface area contributed by atoms with Crippen molar-refractivity contribution in [2.75, 3.05) is 0 Å². The quantitative estimate of drug-likeness (QED) is 0.787. The van der Waals surface area contributed by atoms with E-state index in [2.05, 4.69) is 33.8 Å². The summed E-state index contributed by atoms with van der Waals surface area (Å²) >= 11 is 0. The van der Waals surface area contributed by atoms with Crippen LogP contribution in [0.2, 0.25) is 0 Å². The molecular weight excluding hydrogens is 236 g/mol. The molecule has 1 aromatic carbocycles. The topological polar surface area (TPSA) is 34.9 Å². The van der Waals surface area contributed by atoms with Crippen molar-refractivity contribution in [1.29, 1.82) is 0 Å². The number of aryl methyl sites for hydroxylation is 1. The van der Waals surface area contributed by atoms with Gasteiger partial charge in [0.1, 0.15) is 5.69 Å². The van der Waals surface area contributed by atoms with E-state index in [4.69, 9.17) is 0 Å². The number of carbonyl (C=O) groups excluding carboxylic acids is 1. The van der Waals surface area contributed by atoms with Crippen LogP contribution >= 0.6 is 0 Å². The highest BCUT2D eigenvalue weighted by molar-refractivity contribution is 5.94. The fourth-order valence-electron chi connectivity index (χ4n) is 2.97. The van der Waals surface area contributed by atoms with Crippen LogP contribution in [0.3, 0.4) is 0 Å². The van der Waals surface area contributed by atoms with E-state index in [1.165, 1.54) is 17.5 Å². The average Bonchev–Trinajstić information content (AvgIpc) is 2.95. The van der Waals surface area contributed by atoms with Crippen molar-refractivity contribution < 1.29 is 4.79 Å². The third-order valence-corrected chi connectivity index (χ3v) is 3.95. The lowest BCUT2D eigenvalue weighted by Gasteiger charge is -2.27. The van der Waals surface area contributed by atoms with E-state index < -0.39 is 0 Å². The van der Waals surface area contributed by atoms with Crippen molar-refractivity contribution in [3.8, 4) is 0 Å². The van der Waals surface area contributed by atoms with Crippen LogP contribution in [-0.4, -0.2) is 15.3 Å². The van der Waals surface area contributed by atoms with Crippen LogP contribution in [-0.2, 0) is 6.42 Å². The predicted octanol–water partition coefficient (Wildman–Crippen LogP) is 3.40. The Labute approximate surface area is 113 Å². The van der Waals surface area contributed by atoms with Gasteiger partial charge in [-0.25, -0.2) is 4.98 Å². The minimum Gasteiger partial charge on any atom is -0.321 e.